The summed E-state index contributed by atoms with van der Waals surface area (Å²) in [7, 11) is 0. The zero-order chi connectivity index (χ0) is 19.5. The Morgan fingerprint density at radius 3 is 1.79 bits per heavy atom. The Morgan fingerprint density at radius 1 is 0.714 bits per heavy atom. The Labute approximate surface area is 160 Å². The molecule has 1 aliphatic rings. The Kier molecular flexibility index (Phi) is 5.02. The summed E-state index contributed by atoms with van der Waals surface area (Å²) in [6.45, 7) is 0.471. The summed E-state index contributed by atoms with van der Waals surface area (Å²) in [5, 5.41) is 6.53. The maximum absolute atomic E-state index is 13.3. The Balaban J connectivity index is 1.57. The van der Waals surface area contributed by atoms with E-state index in [-0.39, 0.29) is 29.5 Å². The molecular weight excluding hydrogens is 363 g/mol. The van der Waals surface area contributed by atoms with Gasteiger partial charge in [-0.15, -0.1) is 0 Å². The fraction of sp³-hybridized carbons (Fsp3) is 0.136. The third-order valence-electron chi connectivity index (χ3n) is 4.69. The summed E-state index contributed by atoms with van der Waals surface area (Å²) < 4.78 is 39.7. The predicted molar refractivity (Wildman–Crippen MR) is 102 cm³/mol. The molecule has 3 aromatic carbocycles. The van der Waals surface area contributed by atoms with Crippen LogP contribution in [0.25, 0.3) is 0 Å². The van der Waals surface area contributed by atoms with Crippen LogP contribution < -0.4 is 10.6 Å². The molecule has 2 N–H and O–H groups in total. The summed E-state index contributed by atoms with van der Waals surface area (Å²) in [6, 6.07) is 18.1. The van der Waals surface area contributed by atoms with Crippen molar-refractivity contribution >= 4 is 5.96 Å². The minimum atomic E-state index is -0.313. The van der Waals surface area contributed by atoms with E-state index in [1.807, 2.05) is 0 Å². The highest BCUT2D eigenvalue weighted by molar-refractivity contribution is 5.82. The molecule has 3 aromatic rings. The van der Waals surface area contributed by atoms with Crippen molar-refractivity contribution in [2.24, 2.45) is 4.99 Å². The van der Waals surface area contributed by atoms with Crippen molar-refractivity contribution < 1.29 is 13.2 Å². The second-order valence-corrected chi connectivity index (χ2v) is 6.63. The van der Waals surface area contributed by atoms with Crippen LogP contribution in [0.1, 0.15) is 28.8 Å². The van der Waals surface area contributed by atoms with Gasteiger partial charge in [-0.1, -0.05) is 36.4 Å². The minimum Gasteiger partial charge on any atom is -0.352 e. The molecule has 142 valence electrons. The van der Waals surface area contributed by atoms with Crippen molar-refractivity contribution in [3.8, 4) is 0 Å². The molecule has 0 spiro atoms. The summed E-state index contributed by atoms with van der Waals surface area (Å²) in [5.41, 5.74) is 2.63. The minimum absolute atomic E-state index is 0.221. The van der Waals surface area contributed by atoms with Gasteiger partial charge in [-0.2, -0.15) is 0 Å². The summed E-state index contributed by atoms with van der Waals surface area (Å²) in [4.78, 5) is 4.70. The molecule has 0 aliphatic carbocycles. The highest BCUT2D eigenvalue weighted by Gasteiger charge is 2.31. The van der Waals surface area contributed by atoms with Crippen LogP contribution in [0.15, 0.2) is 77.8 Å². The lowest BCUT2D eigenvalue weighted by molar-refractivity contribution is 0.563. The molecule has 1 heterocycles. The standard InChI is InChI=1S/C22H18F3N3/c23-17-7-1-14(2-8-17)13-26-22-27-20(15-3-9-18(24)10-4-15)21(28-22)16-5-11-19(25)12-6-16/h1-12,20-21H,13H2,(H2,26,27,28)/t20-,21+. The van der Waals surface area contributed by atoms with Crippen LogP contribution in [-0.4, -0.2) is 5.96 Å². The molecule has 0 radical (unpaired) electrons. The van der Waals surface area contributed by atoms with Crippen LogP contribution >= 0.6 is 0 Å². The van der Waals surface area contributed by atoms with Gasteiger partial charge < -0.3 is 10.6 Å². The van der Waals surface area contributed by atoms with E-state index in [0.29, 0.717) is 12.5 Å². The van der Waals surface area contributed by atoms with E-state index >= 15 is 0 Å². The van der Waals surface area contributed by atoms with Gasteiger partial charge in [0.25, 0.3) is 0 Å². The lowest BCUT2D eigenvalue weighted by atomic mass is 9.95. The molecule has 28 heavy (non-hydrogen) atoms. The molecule has 1 aliphatic heterocycles. The van der Waals surface area contributed by atoms with Gasteiger partial charge >= 0.3 is 0 Å². The molecule has 0 unspecified atom stereocenters. The fourth-order valence-corrected chi connectivity index (χ4v) is 3.22. The maximum atomic E-state index is 13.3. The van der Waals surface area contributed by atoms with E-state index in [1.165, 1.54) is 36.4 Å². The van der Waals surface area contributed by atoms with Gasteiger partial charge in [-0.05, 0) is 53.1 Å². The topological polar surface area (TPSA) is 36.4 Å². The van der Waals surface area contributed by atoms with Crippen molar-refractivity contribution in [1.29, 1.82) is 0 Å². The van der Waals surface area contributed by atoms with Crippen molar-refractivity contribution in [2.45, 2.75) is 18.6 Å². The zero-order valence-electron chi connectivity index (χ0n) is 14.9. The lowest BCUT2D eigenvalue weighted by Crippen LogP contribution is -2.35. The second-order valence-electron chi connectivity index (χ2n) is 6.63. The van der Waals surface area contributed by atoms with Gasteiger partial charge in [-0.25, -0.2) is 18.2 Å². The summed E-state index contributed by atoms with van der Waals surface area (Å²) in [5.74, 6) is -0.330. The maximum Gasteiger partial charge on any atom is 0.192 e. The smallest absolute Gasteiger partial charge is 0.192 e. The van der Waals surface area contributed by atoms with E-state index < -0.39 is 0 Å². The number of rotatable bonds is 4. The number of nitrogens with zero attached hydrogens (tertiary/aromatic N) is 1. The monoisotopic (exact) mass is 381 g/mol. The van der Waals surface area contributed by atoms with Gasteiger partial charge in [0.2, 0.25) is 0 Å². The highest BCUT2D eigenvalue weighted by atomic mass is 19.1. The van der Waals surface area contributed by atoms with E-state index in [9.17, 15) is 13.2 Å². The first kappa shape index (κ1) is 18.1. The lowest BCUT2D eigenvalue weighted by Gasteiger charge is -2.19. The van der Waals surface area contributed by atoms with Crippen LogP contribution in [0.5, 0.6) is 0 Å². The van der Waals surface area contributed by atoms with Crippen LogP contribution in [-0.2, 0) is 6.54 Å². The number of halogens is 3. The fourth-order valence-electron chi connectivity index (χ4n) is 3.22. The van der Waals surface area contributed by atoms with Gasteiger partial charge in [0, 0.05) is 6.54 Å². The molecule has 0 saturated carbocycles. The van der Waals surface area contributed by atoms with Crippen molar-refractivity contribution in [1.82, 2.24) is 10.6 Å². The molecule has 0 aromatic heterocycles. The average molecular weight is 381 g/mol. The molecule has 3 nitrogen and oxygen atoms in total. The number of benzene rings is 3. The SMILES string of the molecule is Fc1ccc(CNC2=N[C@@H](c3ccc(F)cc3)[C@@H](c3ccc(F)cc3)N2)cc1. The second kappa shape index (κ2) is 7.76. The van der Waals surface area contributed by atoms with Crippen molar-refractivity contribution in [3.63, 3.8) is 0 Å². The van der Waals surface area contributed by atoms with Crippen LogP contribution in [0, 0.1) is 17.5 Å². The number of hydrogen-bond acceptors (Lipinski definition) is 3. The van der Waals surface area contributed by atoms with E-state index in [0.717, 1.165) is 16.7 Å². The van der Waals surface area contributed by atoms with Crippen LogP contribution in [0.3, 0.4) is 0 Å². The number of guanidine groups is 1. The van der Waals surface area contributed by atoms with E-state index in [1.54, 1.807) is 36.4 Å². The molecule has 0 bridgehead atoms. The summed E-state index contributed by atoms with van der Waals surface area (Å²) in [6.07, 6.45) is 0. The molecule has 4 rings (SSSR count). The Hall–Kier alpha value is -3.28. The Bertz CT molecular complexity index is 967. The van der Waals surface area contributed by atoms with Gasteiger partial charge in [-0.3, -0.25) is 0 Å². The summed E-state index contributed by atoms with van der Waals surface area (Å²) >= 11 is 0. The number of aliphatic imine (C=N–C) groups is 1. The Morgan fingerprint density at radius 2 is 1.21 bits per heavy atom. The molecule has 0 fully saturated rings. The van der Waals surface area contributed by atoms with Gasteiger partial charge in [0.1, 0.15) is 23.5 Å². The quantitative estimate of drug-likeness (QED) is 0.691. The van der Waals surface area contributed by atoms with Crippen LogP contribution in [0.2, 0.25) is 0 Å². The molecule has 0 amide bonds. The first-order valence-corrected chi connectivity index (χ1v) is 8.92. The van der Waals surface area contributed by atoms with Crippen LogP contribution in [0.4, 0.5) is 13.2 Å². The normalized spacial score (nSPS) is 18.5. The third-order valence-corrected chi connectivity index (χ3v) is 4.69. The number of nitrogens with one attached hydrogen (secondary N) is 2. The highest BCUT2D eigenvalue weighted by Crippen LogP contribution is 2.35. The molecular formula is C22H18F3N3. The average Bonchev–Trinajstić information content (AvgIpc) is 3.13. The van der Waals surface area contributed by atoms with Crippen molar-refractivity contribution in [2.75, 3.05) is 0 Å². The first-order valence-electron chi connectivity index (χ1n) is 8.92. The van der Waals surface area contributed by atoms with Crippen molar-refractivity contribution in [3.05, 3.63) is 107 Å². The van der Waals surface area contributed by atoms with Gasteiger partial charge in [0.05, 0.1) is 6.04 Å². The molecule has 2 atom stereocenters. The van der Waals surface area contributed by atoms with E-state index in [2.05, 4.69) is 10.6 Å². The predicted octanol–water partition coefficient (Wildman–Crippen LogP) is 4.64. The zero-order valence-corrected chi connectivity index (χ0v) is 14.9. The molecule has 6 heteroatoms. The first-order chi connectivity index (χ1) is 13.6. The van der Waals surface area contributed by atoms with Gasteiger partial charge in [0.15, 0.2) is 5.96 Å². The van der Waals surface area contributed by atoms with E-state index in [4.69, 9.17) is 4.99 Å². The number of hydrogen-bond donors (Lipinski definition) is 2. The third kappa shape index (κ3) is 4.01. The largest absolute Gasteiger partial charge is 0.352 e. The molecule has 0 saturated heterocycles.